The zero-order valence-corrected chi connectivity index (χ0v) is 12.4. The van der Waals surface area contributed by atoms with Crippen molar-refractivity contribution in [2.75, 3.05) is 12.4 Å². The number of carbonyl (C=O) groups is 1. The number of amides is 1. The number of nitrogens with zero attached hydrogens (tertiary/aromatic N) is 2. The van der Waals surface area contributed by atoms with Gasteiger partial charge in [-0.15, -0.1) is 0 Å². The van der Waals surface area contributed by atoms with Crippen LogP contribution in [0.5, 0.6) is 0 Å². The SMILES string of the molecule is O=C(N[C@H](CO)c1ncn[nH]1)c1cc2c([nH]c1=O)CCSC2. The molecule has 2 aromatic rings. The molecule has 0 saturated carbocycles. The minimum atomic E-state index is -0.736. The average Bonchev–Trinajstić information content (AvgIpc) is 3.06. The highest BCUT2D eigenvalue weighted by Gasteiger charge is 2.21. The molecule has 0 bridgehead atoms. The van der Waals surface area contributed by atoms with Crippen molar-refractivity contribution >= 4 is 17.7 Å². The van der Waals surface area contributed by atoms with E-state index in [4.69, 9.17) is 0 Å². The number of aliphatic hydroxyl groups is 1. The lowest BCUT2D eigenvalue weighted by atomic mass is 10.1. The summed E-state index contributed by atoms with van der Waals surface area (Å²) in [6, 6.07) is 0.893. The molecule has 4 N–H and O–H groups in total. The van der Waals surface area contributed by atoms with E-state index in [1.807, 2.05) is 0 Å². The first-order valence-corrected chi connectivity index (χ1v) is 7.94. The fourth-order valence-electron chi connectivity index (χ4n) is 2.31. The number of rotatable bonds is 4. The highest BCUT2D eigenvalue weighted by molar-refractivity contribution is 7.98. The standard InChI is InChI=1S/C13H15N5O3S/c19-4-10(11-14-6-15-18-11)17-13(21)8-3-7-5-22-2-1-9(7)16-12(8)20/h3,6,10,19H,1-2,4-5H2,(H,16,20)(H,17,21)(H,14,15,18)/t10-/m1/s1. The molecule has 8 nitrogen and oxygen atoms in total. The van der Waals surface area contributed by atoms with E-state index < -0.39 is 17.5 Å². The summed E-state index contributed by atoms with van der Waals surface area (Å²) >= 11 is 1.76. The number of aromatic nitrogens is 4. The quantitative estimate of drug-likeness (QED) is 0.615. The number of hydrogen-bond donors (Lipinski definition) is 4. The van der Waals surface area contributed by atoms with E-state index in [9.17, 15) is 14.7 Å². The van der Waals surface area contributed by atoms with Crippen LogP contribution in [0.3, 0.4) is 0 Å². The molecule has 2 aromatic heterocycles. The van der Waals surface area contributed by atoms with Gasteiger partial charge in [0.1, 0.15) is 23.8 Å². The lowest BCUT2D eigenvalue weighted by Gasteiger charge is -2.17. The topological polar surface area (TPSA) is 124 Å². The number of carbonyl (C=O) groups excluding carboxylic acids is 1. The van der Waals surface area contributed by atoms with Crippen molar-refractivity contribution < 1.29 is 9.90 Å². The van der Waals surface area contributed by atoms with Crippen LogP contribution in [-0.2, 0) is 12.2 Å². The summed E-state index contributed by atoms with van der Waals surface area (Å²) in [6.45, 7) is -0.348. The number of nitrogens with one attached hydrogen (secondary N) is 3. The van der Waals surface area contributed by atoms with Gasteiger partial charge >= 0.3 is 0 Å². The number of aromatic amines is 2. The van der Waals surface area contributed by atoms with Crippen LogP contribution in [0.2, 0.25) is 0 Å². The van der Waals surface area contributed by atoms with E-state index in [1.54, 1.807) is 17.8 Å². The Morgan fingerprint density at radius 2 is 2.41 bits per heavy atom. The van der Waals surface area contributed by atoms with Gasteiger partial charge in [0.15, 0.2) is 0 Å². The predicted octanol–water partition coefficient (Wildman–Crippen LogP) is -0.254. The second-order valence-electron chi connectivity index (χ2n) is 4.90. The minimum absolute atomic E-state index is 0.0409. The van der Waals surface area contributed by atoms with Crippen LogP contribution in [-0.4, -0.2) is 43.5 Å². The summed E-state index contributed by atoms with van der Waals surface area (Å²) in [5.41, 5.74) is 1.49. The largest absolute Gasteiger partial charge is 0.394 e. The molecule has 0 spiro atoms. The maximum atomic E-state index is 12.3. The van der Waals surface area contributed by atoms with E-state index in [0.717, 1.165) is 29.2 Å². The van der Waals surface area contributed by atoms with Gasteiger partial charge in [0, 0.05) is 11.4 Å². The zero-order chi connectivity index (χ0) is 15.5. The Labute approximate surface area is 129 Å². The van der Waals surface area contributed by atoms with E-state index in [2.05, 4.69) is 25.5 Å². The number of H-pyrrole nitrogens is 2. The fraction of sp³-hybridized carbons (Fsp3) is 0.385. The molecule has 3 rings (SSSR count). The molecule has 0 aliphatic carbocycles. The van der Waals surface area contributed by atoms with Crippen molar-refractivity contribution in [1.29, 1.82) is 0 Å². The Morgan fingerprint density at radius 1 is 1.55 bits per heavy atom. The third-order valence-electron chi connectivity index (χ3n) is 3.47. The van der Waals surface area contributed by atoms with Crippen LogP contribution in [0.25, 0.3) is 0 Å². The first kappa shape index (κ1) is 14.8. The fourth-order valence-corrected chi connectivity index (χ4v) is 3.28. The van der Waals surface area contributed by atoms with Gasteiger partial charge in [-0.2, -0.15) is 16.9 Å². The molecule has 0 fully saturated rings. The average molecular weight is 321 g/mol. The first-order valence-electron chi connectivity index (χ1n) is 6.79. The molecule has 0 saturated heterocycles. The Kier molecular flexibility index (Phi) is 4.25. The van der Waals surface area contributed by atoms with Crippen molar-refractivity contribution in [3.8, 4) is 0 Å². The smallest absolute Gasteiger partial charge is 0.261 e. The number of pyridine rings is 1. The van der Waals surface area contributed by atoms with Crippen LogP contribution in [0, 0.1) is 0 Å². The van der Waals surface area contributed by atoms with Gasteiger partial charge in [-0.05, 0) is 23.8 Å². The molecule has 0 aromatic carbocycles. The lowest BCUT2D eigenvalue weighted by molar-refractivity contribution is 0.0911. The Bertz CT molecular complexity index is 728. The lowest BCUT2D eigenvalue weighted by Crippen LogP contribution is -2.35. The summed E-state index contributed by atoms with van der Waals surface area (Å²) in [7, 11) is 0. The van der Waals surface area contributed by atoms with E-state index in [0.29, 0.717) is 5.82 Å². The van der Waals surface area contributed by atoms with Crippen molar-refractivity contribution in [1.82, 2.24) is 25.5 Å². The summed E-state index contributed by atoms with van der Waals surface area (Å²) in [4.78, 5) is 31.0. The summed E-state index contributed by atoms with van der Waals surface area (Å²) < 4.78 is 0. The van der Waals surface area contributed by atoms with Gasteiger partial charge in [0.2, 0.25) is 0 Å². The van der Waals surface area contributed by atoms with Gasteiger partial charge in [-0.3, -0.25) is 14.7 Å². The van der Waals surface area contributed by atoms with Crippen LogP contribution in [0.1, 0.15) is 33.5 Å². The molecule has 22 heavy (non-hydrogen) atoms. The van der Waals surface area contributed by atoms with Gasteiger partial charge in [0.25, 0.3) is 11.5 Å². The minimum Gasteiger partial charge on any atom is -0.394 e. The van der Waals surface area contributed by atoms with E-state index >= 15 is 0 Å². The number of thioether (sulfide) groups is 1. The molecule has 0 radical (unpaired) electrons. The third-order valence-corrected chi connectivity index (χ3v) is 4.47. The molecule has 0 unspecified atom stereocenters. The molecular formula is C13H15N5O3S. The van der Waals surface area contributed by atoms with Crippen LogP contribution >= 0.6 is 11.8 Å². The Morgan fingerprint density at radius 3 is 3.14 bits per heavy atom. The van der Waals surface area contributed by atoms with Crippen LogP contribution in [0.4, 0.5) is 0 Å². The molecule has 1 atom stereocenters. The number of aliphatic hydroxyl groups excluding tert-OH is 1. The van der Waals surface area contributed by atoms with E-state index in [-0.39, 0.29) is 12.2 Å². The highest BCUT2D eigenvalue weighted by atomic mass is 32.2. The van der Waals surface area contributed by atoms with Crippen LogP contribution in [0.15, 0.2) is 17.2 Å². The normalized spacial score (nSPS) is 15.1. The van der Waals surface area contributed by atoms with Crippen molar-refractivity contribution in [2.24, 2.45) is 0 Å². The molecular weight excluding hydrogens is 306 g/mol. The highest BCUT2D eigenvalue weighted by Crippen LogP contribution is 2.22. The van der Waals surface area contributed by atoms with Crippen molar-refractivity contribution in [3.63, 3.8) is 0 Å². The monoisotopic (exact) mass is 321 g/mol. The maximum Gasteiger partial charge on any atom is 0.261 e. The van der Waals surface area contributed by atoms with Gasteiger partial charge in [0.05, 0.1) is 6.61 Å². The molecule has 1 amide bonds. The Hall–Kier alpha value is -2.13. The molecule has 1 aliphatic rings. The van der Waals surface area contributed by atoms with Gasteiger partial charge < -0.3 is 15.4 Å². The number of fused-ring (bicyclic) bond motifs is 1. The predicted molar refractivity (Wildman–Crippen MR) is 80.6 cm³/mol. The van der Waals surface area contributed by atoms with Gasteiger partial charge in [-0.1, -0.05) is 0 Å². The molecule has 9 heteroatoms. The molecule has 116 valence electrons. The summed E-state index contributed by atoms with van der Waals surface area (Å²) in [5.74, 6) is 1.53. The van der Waals surface area contributed by atoms with Crippen LogP contribution < -0.4 is 10.9 Å². The summed E-state index contributed by atoms with van der Waals surface area (Å²) in [5, 5.41) is 18.2. The maximum absolute atomic E-state index is 12.3. The van der Waals surface area contributed by atoms with Gasteiger partial charge in [-0.25, -0.2) is 4.98 Å². The second kappa shape index (κ2) is 6.32. The van der Waals surface area contributed by atoms with Crippen molar-refractivity contribution in [2.45, 2.75) is 18.2 Å². The second-order valence-corrected chi connectivity index (χ2v) is 6.00. The number of aryl methyl sites for hydroxylation is 1. The zero-order valence-electron chi connectivity index (χ0n) is 11.6. The summed E-state index contributed by atoms with van der Waals surface area (Å²) in [6.07, 6.45) is 2.08. The Balaban J connectivity index is 1.84. The molecule has 1 aliphatic heterocycles. The van der Waals surface area contributed by atoms with Crippen molar-refractivity contribution in [3.05, 3.63) is 45.4 Å². The third kappa shape index (κ3) is 2.90. The molecule has 3 heterocycles. The van der Waals surface area contributed by atoms with E-state index in [1.165, 1.54) is 6.33 Å². The first-order chi connectivity index (χ1) is 10.7. The number of hydrogen-bond acceptors (Lipinski definition) is 6.